The molecule has 0 unspecified atom stereocenters. The summed E-state index contributed by atoms with van der Waals surface area (Å²) in [6.07, 6.45) is 8.72. The first-order chi connectivity index (χ1) is 10.8. The van der Waals surface area contributed by atoms with E-state index in [1.54, 1.807) is 0 Å². The molecule has 4 heteroatoms. The molecule has 114 valence electrons. The molecular formula is C18H20N2O2. The summed E-state index contributed by atoms with van der Waals surface area (Å²) in [5, 5.41) is 4.52. The van der Waals surface area contributed by atoms with Crippen molar-refractivity contribution >= 4 is 5.78 Å². The Kier molecular flexibility index (Phi) is 3.54. The normalized spacial score (nSPS) is 19.2. The first kappa shape index (κ1) is 13.7. The molecule has 2 aromatic rings. The van der Waals surface area contributed by atoms with Gasteiger partial charge < -0.3 is 4.74 Å². The number of aromatic nitrogens is 2. The van der Waals surface area contributed by atoms with Crippen molar-refractivity contribution < 1.29 is 9.53 Å². The number of carbonyl (C=O) groups excluding carboxylic acids is 1. The molecule has 2 heterocycles. The lowest BCUT2D eigenvalue weighted by atomic mass is 9.88. The molecule has 1 aliphatic carbocycles. The van der Waals surface area contributed by atoms with E-state index in [-0.39, 0.29) is 5.78 Å². The van der Waals surface area contributed by atoms with Crippen LogP contribution >= 0.6 is 0 Å². The quantitative estimate of drug-likeness (QED) is 0.853. The first-order valence-electron chi connectivity index (χ1n) is 8.10. The number of nitrogens with zero attached hydrogens (tertiary/aromatic N) is 2. The molecule has 4 rings (SSSR count). The molecule has 0 saturated carbocycles. The van der Waals surface area contributed by atoms with Crippen LogP contribution in [-0.4, -0.2) is 28.8 Å². The fraction of sp³-hybridized carbons (Fsp3) is 0.444. The molecule has 1 aliphatic heterocycles. The van der Waals surface area contributed by atoms with Gasteiger partial charge in [0.15, 0.2) is 5.78 Å². The number of rotatable bonds is 2. The van der Waals surface area contributed by atoms with Crippen LogP contribution in [0.3, 0.4) is 0 Å². The van der Waals surface area contributed by atoms with Crippen LogP contribution in [0.25, 0.3) is 11.1 Å². The van der Waals surface area contributed by atoms with E-state index < -0.39 is 0 Å². The Bertz CT molecular complexity index is 699. The van der Waals surface area contributed by atoms with Crippen molar-refractivity contribution in [3.63, 3.8) is 0 Å². The second-order valence-corrected chi connectivity index (χ2v) is 6.20. The average molecular weight is 296 g/mol. The van der Waals surface area contributed by atoms with Crippen molar-refractivity contribution in [2.24, 2.45) is 0 Å². The number of ether oxygens (including phenoxy) is 1. The molecular weight excluding hydrogens is 276 g/mol. The lowest BCUT2D eigenvalue weighted by molar-refractivity contribution is 0.0662. The molecule has 1 saturated heterocycles. The van der Waals surface area contributed by atoms with Gasteiger partial charge in [0.05, 0.1) is 12.2 Å². The molecule has 4 nitrogen and oxygen atoms in total. The average Bonchev–Trinajstić information content (AvgIpc) is 3.06. The number of carbonyl (C=O) groups is 1. The largest absolute Gasteiger partial charge is 0.381 e. The van der Waals surface area contributed by atoms with E-state index in [0.29, 0.717) is 12.5 Å². The lowest BCUT2D eigenvalue weighted by Crippen LogP contribution is -2.19. The monoisotopic (exact) mass is 296 g/mol. The third-order valence-corrected chi connectivity index (χ3v) is 4.76. The fourth-order valence-corrected chi connectivity index (χ4v) is 3.44. The predicted octanol–water partition coefficient (Wildman–Crippen LogP) is 3.42. The van der Waals surface area contributed by atoms with E-state index in [9.17, 15) is 4.79 Å². The topological polar surface area (TPSA) is 44.1 Å². The number of hydrogen-bond donors (Lipinski definition) is 0. The van der Waals surface area contributed by atoms with Crippen LogP contribution in [0, 0.1) is 0 Å². The van der Waals surface area contributed by atoms with Gasteiger partial charge in [0.2, 0.25) is 0 Å². The van der Waals surface area contributed by atoms with Crippen molar-refractivity contribution in [2.75, 3.05) is 13.2 Å². The third kappa shape index (κ3) is 2.48. The summed E-state index contributed by atoms with van der Waals surface area (Å²) in [5.74, 6) is 0.278. The summed E-state index contributed by atoms with van der Waals surface area (Å²) in [6.45, 7) is 1.63. The van der Waals surface area contributed by atoms with Gasteiger partial charge in [0, 0.05) is 37.0 Å². The van der Waals surface area contributed by atoms with Crippen LogP contribution in [-0.2, 0) is 11.2 Å². The predicted molar refractivity (Wildman–Crippen MR) is 84.0 cm³/mol. The van der Waals surface area contributed by atoms with E-state index in [4.69, 9.17) is 4.74 Å². The molecule has 22 heavy (non-hydrogen) atoms. The van der Waals surface area contributed by atoms with Crippen LogP contribution < -0.4 is 0 Å². The minimum atomic E-state index is 0.278. The van der Waals surface area contributed by atoms with Crippen molar-refractivity contribution in [1.82, 2.24) is 9.78 Å². The van der Waals surface area contributed by atoms with E-state index in [0.717, 1.165) is 55.6 Å². The van der Waals surface area contributed by atoms with Gasteiger partial charge in [-0.05, 0) is 42.9 Å². The molecule has 2 aliphatic rings. The van der Waals surface area contributed by atoms with Crippen LogP contribution in [0.2, 0.25) is 0 Å². The Hall–Kier alpha value is -1.94. The molecule has 1 aromatic heterocycles. The minimum absolute atomic E-state index is 0.278. The fourth-order valence-electron chi connectivity index (χ4n) is 3.44. The number of hydrogen-bond acceptors (Lipinski definition) is 3. The van der Waals surface area contributed by atoms with Gasteiger partial charge >= 0.3 is 0 Å². The number of ketones is 1. The van der Waals surface area contributed by atoms with Crippen molar-refractivity contribution in [3.05, 3.63) is 41.7 Å². The standard InChI is InChI=1S/C18H20N2O2/c21-18-3-1-2-13-4-5-14(10-17(13)18)15-11-19-20(12-15)16-6-8-22-9-7-16/h4-5,10-12,16H,1-3,6-9H2. The van der Waals surface area contributed by atoms with Crippen molar-refractivity contribution in [2.45, 2.75) is 38.1 Å². The van der Waals surface area contributed by atoms with E-state index in [1.807, 2.05) is 12.3 Å². The molecule has 0 amide bonds. The highest BCUT2D eigenvalue weighted by molar-refractivity contribution is 5.99. The highest BCUT2D eigenvalue weighted by Crippen LogP contribution is 2.29. The summed E-state index contributed by atoms with van der Waals surface area (Å²) in [6, 6.07) is 6.69. The van der Waals surface area contributed by atoms with Gasteiger partial charge in [-0.25, -0.2) is 0 Å². The smallest absolute Gasteiger partial charge is 0.163 e. The van der Waals surface area contributed by atoms with E-state index in [2.05, 4.69) is 28.1 Å². The molecule has 0 radical (unpaired) electrons. The maximum Gasteiger partial charge on any atom is 0.163 e. The van der Waals surface area contributed by atoms with Gasteiger partial charge in [-0.15, -0.1) is 0 Å². The van der Waals surface area contributed by atoms with Crippen LogP contribution in [0.1, 0.15) is 47.6 Å². The Labute approximate surface area is 130 Å². The van der Waals surface area contributed by atoms with Crippen LogP contribution in [0.4, 0.5) is 0 Å². The maximum absolute atomic E-state index is 12.1. The lowest BCUT2D eigenvalue weighted by Gasteiger charge is -2.22. The van der Waals surface area contributed by atoms with Gasteiger partial charge in [-0.1, -0.05) is 12.1 Å². The molecule has 1 aromatic carbocycles. The maximum atomic E-state index is 12.1. The second kappa shape index (κ2) is 5.69. The molecule has 0 spiro atoms. The van der Waals surface area contributed by atoms with Crippen LogP contribution in [0.5, 0.6) is 0 Å². The summed E-state index contributed by atoms with van der Waals surface area (Å²) >= 11 is 0. The third-order valence-electron chi connectivity index (χ3n) is 4.76. The zero-order valence-electron chi connectivity index (χ0n) is 12.6. The van der Waals surface area contributed by atoms with Crippen molar-refractivity contribution in [1.29, 1.82) is 0 Å². The van der Waals surface area contributed by atoms with Crippen LogP contribution in [0.15, 0.2) is 30.6 Å². The number of Topliss-reactive ketones (excluding diaryl/α,β-unsaturated/α-hetero) is 1. The molecule has 0 N–H and O–H groups in total. The van der Waals surface area contributed by atoms with Gasteiger partial charge in [-0.3, -0.25) is 9.48 Å². The first-order valence-corrected chi connectivity index (χ1v) is 8.10. The van der Waals surface area contributed by atoms with Crippen molar-refractivity contribution in [3.8, 4) is 11.1 Å². The summed E-state index contributed by atoms with van der Waals surface area (Å²) in [5.41, 5.74) is 4.28. The Morgan fingerprint density at radius 2 is 2.00 bits per heavy atom. The Balaban J connectivity index is 1.63. The summed E-state index contributed by atoms with van der Waals surface area (Å²) in [7, 11) is 0. The minimum Gasteiger partial charge on any atom is -0.381 e. The van der Waals surface area contributed by atoms with Gasteiger partial charge in [0.25, 0.3) is 0 Å². The van der Waals surface area contributed by atoms with Gasteiger partial charge in [0.1, 0.15) is 0 Å². The zero-order chi connectivity index (χ0) is 14.9. The highest BCUT2D eigenvalue weighted by Gasteiger charge is 2.19. The number of fused-ring (bicyclic) bond motifs is 1. The summed E-state index contributed by atoms with van der Waals surface area (Å²) < 4.78 is 7.46. The van der Waals surface area contributed by atoms with E-state index in [1.165, 1.54) is 5.56 Å². The molecule has 0 atom stereocenters. The SMILES string of the molecule is O=C1CCCc2ccc(-c3cnn(C4CCOCC4)c3)cc21. The Morgan fingerprint density at radius 1 is 1.14 bits per heavy atom. The molecule has 0 bridgehead atoms. The highest BCUT2D eigenvalue weighted by atomic mass is 16.5. The second-order valence-electron chi connectivity index (χ2n) is 6.20. The number of benzene rings is 1. The molecule has 1 fully saturated rings. The van der Waals surface area contributed by atoms with Gasteiger partial charge in [-0.2, -0.15) is 5.10 Å². The van der Waals surface area contributed by atoms with E-state index >= 15 is 0 Å². The summed E-state index contributed by atoms with van der Waals surface area (Å²) in [4.78, 5) is 12.1. The Morgan fingerprint density at radius 3 is 2.86 bits per heavy atom. The zero-order valence-corrected chi connectivity index (χ0v) is 12.6. The number of aryl methyl sites for hydroxylation is 1.